The van der Waals surface area contributed by atoms with Crippen LogP contribution in [-0.4, -0.2) is 46.1 Å². The smallest absolute Gasteiger partial charge is 0.333 e. The molecule has 14 heteroatoms. The Balaban J connectivity index is 3.68. The molecule has 2 nitrogen and oxygen atoms in total. The average Bonchev–Trinajstić information content (AvgIpc) is 2.40. The fraction of sp³-hybridized carbons (Fsp3) is 0.917. The van der Waals surface area contributed by atoms with Crippen molar-refractivity contribution in [1.82, 2.24) is 0 Å². The standard InChI is InChI=1S/C12H11F12O2/c13-7(9(15,16)17,11(21,22)25)5-3-1-2-4-6(5)8(14,10(18,19)20)12(23,24)26/h5,25-26H,1-4H2. The van der Waals surface area contributed by atoms with Crippen molar-refractivity contribution in [2.45, 2.75) is 61.6 Å². The van der Waals surface area contributed by atoms with Gasteiger partial charge in [-0.25, -0.2) is 8.78 Å². The Hall–Kier alpha value is -0.920. The molecule has 0 amide bonds. The van der Waals surface area contributed by atoms with Crippen LogP contribution in [0.15, 0.2) is 0 Å². The monoisotopic (exact) mass is 415 g/mol. The fourth-order valence-electron chi connectivity index (χ4n) is 2.99. The molecule has 26 heavy (non-hydrogen) atoms. The number of hydrogen-bond acceptors (Lipinski definition) is 2. The molecule has 0 saturated heterocycles. The molecule has 155 valence electrons. The highest BCUT2D eigenvalue weighted by atomic mass is 19.4. The Morgan fingerprint density at radius 1 is 0.654 bits per heavy atom. The molecule has 1 radical (unpaired) electrons. The molecular formula is C12H11F12O2. The van der Waals surface area contributed by atoms with Gasteiger partial charge in [-0.1, -0.05) is 12.8 Å². The zero-order valence-electron chi connectivity index (χ0n) is 12.3. The van der Waals surface area contributed by atoms with Gasteiger partial charge in [0.05, 0.1) is 0 Å². The summed E-state index contributed by atoms with van der Waals surface area (Å²) in [6.45, 7) is 0. The number of alkyl halides is 12. The number of halogens is 12. The molecule has 1 rings (SSSR count). The van der Waals surface area contributed by atoms with Gasteiger partial charge in [-0.05, 0) is 12.8 Å². The molecule has 3 unspecified atom stereocenters. The van der Waals surface area contributed by atoms with Gasteiger partial charge in [-0.2, -0.15) is 43.9 Å². The number of hydrogen-bond donors (Lipinski definition) is 2. The van der Waals surface area contributed by atoms with E-state index in [4.69, 9.17) is 10.2 Å². The predicted molar refractivity (Wildman–Crippen MR) is 59.3 cm³/mol. The van der Waals surface area contributed by atoms with Crippen LogP contribution in [0, 0.1) is 11.8 Å². The quantitative estimate of drug-likeness (QED) is 0.666. The molecule has 0 aromatic carbocycles. The summed E-state index contributed by atoms with van der Waals surface area (Å²) in [5.41, 5.74) is -12.4. The maximum atomic E-state index is 14.2. The van der Waals surface area contributed by atoms with E-state index in [0.717, 1.165) is 0 Å². The third-order valence-electron chi connectivity index (χ3n) is 4.19. The van der Waals surface area contributed by atoms with Crippen LogP contribution >= 0.6 is 0 Å². The van der Waals surface area contributed by atoms with Crippen LogP contribution < -0.4 is 0 Å². The fourth-order valence-corrected chi connectivity index (χ4v) is 2.99. The Bertz CT molecular complexity index is 426. The average molecular weight is 415 g/mol. The molecular weight excluding hydrogens is 404 g/mol. The minimum absolute atomic E-state index is 0.656. The second-order valence-corrected chi connectivity index (χ2v) is 5.77. The van der Waals surface area contributed by atoms with Crippen molar-refractivity contribution >= 4 is 0 Å². The molecule has 3 atom stereocenters. The topological polar surface area (TPSA) is 40.5 Å². The van der Waals surface area contributed by atoms with Crippen molar-refractivity contribution in [3.63, 3.8) is 0 Å². The minimum Gasteiger partial charge on any atom is -0.333 e. The van der Waals surface area contributed by atoms with Gasteiger partial charge in [0.25, 0.3) is 5.67 Å². The van der Waals surface area contributed by atoms with Gasteiger partial charge < -0.3 is 10.2 Å². The second-order valence-electron chi connectivity index (χ2n) is 5.77. The van der Waals surface area contributed by atoms with E-state index in [1.807, 2.05) is 0 Å². The van der Waals surface area contributed by atoms with Crippen molar-refractivity contribution in [3.05, 3.63) is 5.92 Å². The van der Waals surface area contributed by atoms with Gasteiger partial charge in [-0.3, -0.25) is 0 Å². The predicted octanol–water partition coefficient (Wildman–Crippen LogP) is 4.46. The lowest BCUT2D eigenvalue weighted by Gasteiger charge is -2.48. The van der Waals surface area contributed by atoms with Gasteiger partial charge in [0.1, 0.15) is 0 Å². The van der Waals surface area contributed by atoms with Crippen molar-refractivity contribution in [3.8, 4) is 0 Å². The van der Waals surface area contributed by atoms with E-state index in [-0.39, 0.29) is 0 Å². The van der Waals surface area contributed by atoms with Gasteiger partial charge in [0.15, 0.2) is 0 Å². The van der Waals surface area contributed by atoms with E-state index < -0.39 is 73.4 Å². The molecule has 0 spiro atoms. The first-order valence-electron chi connectivity index (χ1n) is 6.80. The normalized spacial score (nSPS) is 26.3. The molecule has 2 N–H and O–H groups in total. The van der Waals surface area contributed by atoms with Gasteiger partial charge >= 0.3 is 30.2 Å². The summed E-state index contributed by atoms with van der Waals surface area (Å²) in [6, 6.07) is 0. The summed E-state index contributed by atoms with van der Waals surface area (Å²) in [7, 11) is 0. The largest absolute Gasteiger partial charge is 0.431 e. The van der Waals surface area contributed by atoms with Crippen LogP contribution in [0.3, 0.4) is 0 Å². The van der Waals surface area contributed by atoms with E-state index in [1.165, 1.54) is 0 Å². The first-order chi connectivity index (χ1) is 11.2. The zero-order chi connectivity index (χ0) is 21.0. The van der Waals surface area contributed by atoms with Crippen molar-refractivity contribution in [1.29, 1.82) is 0 Å². The first-order valence-corrected chi connectivity index (χ1v) is 6.80. The highest BCUT2D eigenvalue weighted by molar-refractivity contribution is 5.25. The Labute approximate surface area is 137 Å². The Morgan fingerprint density at radius 3 is 1.42 bits per heavy atom. The third-order valence-corrected chi connectivity index (χ3v) is 4.19. The van der Waals surface area contributed by atoms with Crippen LogP contribution in [0.1, 0.15) is 25.7 Å². The first kappa shape index (κ1) is 23.1. The highest BCUT2D eigenvalue weighted by Crippen LogP contribution is 2.62. The summed E-state index contributed by atoms with van der Waals surface area (Å²) < 4.78 is 158. The molecule has 1 aliphatic rings. The summed E-state index contributed by atoms with van der Waals surface area (Å²) in [6.07, 6.45) is -30.8. The van der Waals surface area contributed by atoms with Crippen LogP contribution in [0.25, 0.3) is 0 Å². The van der Waals surface area contributed by atoms with Crippen LogP contribution in [0.4, 0.5) is 52.7 Å². The summed E-state index contributed by atoms with van der Waals surface area (Å²) in [4.78, 5) is 0. The Kier molecular flexibility index (Phi) is 5.61. The third kappa shape index (κ3) is 3.34. The SMILES string of the molecule is OC(F)(F)C(F)([C]1CCCCC1C(F)(C(O)(F)F)C(F)(F)F)C(F)(F)F. The lowest BCUT2D eigenvalue weighted by Crippen LogP contribution is -2.68. The van der Waals surface area contributed by atoms with Crippen LogP contribution in [0.2, 0.25) is 0 Å². The lowest BCUT2D eigenvalue weighted by molar-refractivity contribution is -0.398. The second kappa shape index (κ2) is 6.31. The lowest BCUT2D eigenvalue weighted by atomic mass is 9.63. The number of aliphatic hydroxyl groups is 2. The molecule has 1 saturated carbocycles. The maximum absolute atomic E-state index is 14.2. The summed E-state index contributed by atoms with van der Waals surface area (Å²) in [5, 5.41) is 16.6. The molecule has 0 aliphatic heterocycles. The van der Waals surface area contributed by atoms with Crippen molar-refractivity contribution in [2.75, 3.05) is 0 Å². The molecule has 0 heterocycles. The molecule has 1 aliphatic carbocycles. The van der Waals surface area contributed by atoms with Crippen LogP contribution in [-0.2, 0) is 0 Å². The van der Waals surface area contributed by atoms with E-state index >= 15 is 0 Å². The van der Waals surface area contributed by atoms with E-state index in [2.05, 4.69) is 0 Å². The van der Waals surface area contributed by atoms with Crippen molar-refractivity contribution in [2.24, 2.45) is 5.92 Å². The molecule has 1 fully saturated rings. The van der Waals surface area contributed by atoms with Crippen molar-refractivity contribution < 1.29 is 62.9 Å². The van der Waals surface area contributed by atoms with Crippen LogP contribution in [0.5, 0.6) is 0 Å². The van der Waals surface area contributed by atoms with Gasteiger partial charge in [0.2, 0.25) is 0 Å². The Morgan fingerprint density at radius 2 is 1.12 bits per heavy atom. The van der Waals surface area contributed by atoms with E-state index in [1.54, 1.807) is 0 Å². The van der Waals surface area contributed by atoms with Gasteiger partial charge in [0, 0.05) is 11.8 Å². The van der Waals surface area contributed by atoms with Gasteiger partial charge in [-0.15, -0.1) is 0 Å². The number of rotatable bonds is 4. The summed E-state index contributed by atoms with van der Waals surface area (Å²) in [5.74, 6) is -6.49. The van der Waals surface area contributed by atoms with E-state index in [0.29, 0.717) is 0 Å². The minimum atomic E-state index is -6.77. The molecule has 0 aromatic rings. The zero-order valence-corrected chi connectivity index (χ0v) is 12.3. The molecule has 0 aromatic heterocycles. The van der Waals surface area contributed by atoms with E-state index in [9.17, 15) is 52.7 Å². The maximum Gasteiger partial charge on any atom is 0.431 e. The molecule has 0 bridgehead atoms. The summed E-state index contributed by atoms with van der Waals surface area (Å²) >= 11 is 0. The highest BCUT2D eigenvalue weighted by Gasteiger charge is 2.82.